The molecule has 1 atom stereocenters. The van der Waals surface area contributed by atoms with Crippen LogP contribution in [0.25, 0.3) is 22.3 Å². The van der Waals surface area contributed by atoms with E-state index in [1.54, 1.807) is 44.4 Å². The third kappa shape index (κ3) is 5.08. The number of rotatable bonds is 7. The lowest BCUT2D eigenvalue weighted by atomic mass is 9.85. The molecule has 0 aliphatic rings. The minimum Gasteiger partial charge on any atom is -0.497 e. The number of aryl methyl sites for hydroxylation is 1. The Morgan fingerprint density at radius 3 is 2.27 bits per heavy atom. The number of aromatic nitrogens is 4. The Kier molecular flexibility index (Phi) is 8.38. The molecule has 2 N–H and O–H groups in total. The first-order chi connectivity index (χ1) is 15.0. The highest BCUT2D eigenvalue weighted by Crippen LogP contribution is 2.35. The highest BCUT2D eigenvalue weighted by Gasteiger charge is 2.32. The number of hydrogen-bond acceptors (Lipinski definition) is 7. The van der Waals surface area contributed by atoms with Crippen molar-refractivity contribution < 1.29 is 14.6 Å². The molecule has 0 bridgehead atoms. The van der Waals surface area contributed by atoms with Gasteiger partial charge in [0, 0.05) is 31.4 Å². The van der Waals surface area contributed by atoms with Crippen LogP contribution in [-0.2, 0) is 12.6 Å². The summed E-state index contributed by atoms with van der Waals surface area (Å²) in [6.07, 6.45) is 5.37. The lowest BCUT2D eigenvalue weighted by Crippen LogP contribution is -2.37. The van der Waals surface area contributed by atoms with Gasteiger partial charge in [0.25, 0.3) is 0 Å². The summed E-state index contributed by atoms with van der Waals surface area (Å²) in [6, 6.07) is 11.0. The van der Waals surface area contributed by atoms with Crippen molar-refractivity contribution in [1.82, 2.24) is 25.1 Å². The molecule has 176 valence electrons. The van der Waals surface area contributed by atoms with E-state index in [0.29, 0.717) is 28.1 Å². The number of hydrogen-bond donors (Lipinski definition) is 2. The Balaban J connectivity index is 0.00000193. The maximum absolute atomic E-state index is 11.8. The third-order valence-electron chi connectivity index (χ3n) is 5.28. The fourth-order valence-electron chi connectivity index (χ4n) is 3.63. The number of fused-ring (bicyclic) bond motifs is 1. The molecular formula is C24H30ClN5O3. The van der Waals surface area contributed by atoms with E-state index in [-0.39, 0.29) is 26.4 Å². The number of nitrogens with zero attached hydrogens (tertiary/aromatic N) is 4. The molecule has 0 aliphatic carbocycles. The second kappa shape index (κ2) is 10.6. The largest absolute Gasteiger partial charge is 0.497 e. The summed E-state index contributed by atoms with van der Waals surface area (Å²) in [5.41, 5.74) is 3.02. The van der Waals surface area contributed by atoms with Gasteiger partial charge >= 0.3 is 0 Å². The van der Waals surface area contributed by atoms with E-state index in [0.717, 1.165) is 16.8 Å². The molecule has 0 saturated carbocycles. The SMILES string of the molecule is C.CNC[C@](O)(c1cc(OC)cc(OC)c1)c1ccc2ncc(-c3cnn(C)c3)nc2c1.Cl. The van der Waals surface area contributed by atoms with Crippen molar-refractivity contribution in [1.29, 1.82) is 0 Å². The number of methoxy groups -OCH3 is 2. The Labute approximate surface area is 200 Å². The number of nitrogens with one attached hydrogen (secondary N) is 1. The molecule has 8 nitrogen and oxygen atoms in total. The highest BCUT2D eigenvalue weighted by atomic mass is 35.5. The van der Waals surface area contributed by atoms with Gasteiger partial charge in [-0.25, -0.2) is 4.98 Å². The van der Waals surface area contributed by atoms with E-state index in [4.69, 9.17) is 14.5 Å². The van der Waals surface area contributed by atoms with E-state index in [9.17, 15) is 5.11 Å². The molecule has 33 heavy (non-hydrogen) atoms. The zero-order chi connectivity index (χ0) is 22.0. The molecule has 2 aromatic heterocycles. The van der Waals surface area contributed by atoms with Crippen molar-refractivity contribution in [2.75, 3.05) is 27.8 Å². The van der Waals surface area contributed by atoms with E-state index >= 15 is 0 Å². The monoisotopic (exact) mass is 471 g/mol. The molecule has 9 heteroatoms. The zero-order valence-corrected chi connectivity index (χ0v) is 19.2. The van der Waals surface area contributed by atoms with E-state index in [2.05, 4.69) is 15.4 Å². The minimum atomic E-state index is -1.34. The van der Waals surface area contributed by atoms with Crippen molar-refractivity contribution in [2.24, 2.45) is 7.05 Å². The van der Waals surface area contributed by atoms with Crippen LogP contribution in [0.1, 0.15) is 18.6 Å². The fraction of sp³-hybridized carbons (Fsp3) is 0.292. The Morgan fingerprint density at radius 2 is 1.70 bits per heavy atom. The van der Waals surface area contributed by atoms with Crippen LogP contribution in [0.4, 0.5) is 0 Å². The first-order valence-corrected chi connectivity index (χ1v) is 9.83. The van der Waals surface area contributed by atoms with Crippen LogP contribution in [0, 0.1) is 0 Å². The summed E-state index contributed by atoms with van der Waals surface area (Å²) in [6.45, 7) is 0.282. The van der Waals surface area contributed by atoms with Crippen LogP contribution in [0.5, 0.6) is 11.5 Å². The molecule has 4 rings (SSSR count). The van der Waals surface area contributed by atoms with Crippen molar-refractivity contribution in [2.45, 2.75) is 13.0 Å². The lowest BCUT2D eigenvalue weighted by Gasteiger charge is -2.30. The summed E-state index contributed by atoms with van der Waals surface area (Å²) in [4.78, 5) is 9.28. The van der Waals surface area contributed by atoms with Gasteiger partial charge in [-0.1, -0.05) is 13.5 Å². The van der Waals surface area contributed by atoms with Crippen LogP contribution in [0.2, 0.25) is 0 Å². The standard InChI is InChI=1S/C23H25N5O3.CH4.ClH/c1-24-14-23(29,17-7-18(30-3)10-19(8-17)31-4)16-5-6-20-21(9-16)27-22(12-25-20)15-11-26-28(2)13-15;;/h5-13,24,29H,14H2,1-4H3;1H4;1H/t23-;;/m1../s1. The first-order valence-electron chi connectivity index (χ1n) is 9.83. The Bertz CT molecular complexity index is 1210. The lowest BCUT2D eigenvalue weighted by molar-refractivity contribution is 0.0819. The van der Waals surface area contributed by atoms with Crippen molar-refractivity contribution >= 4 is 23.4 Å². The zero-order valence-electron chi connectivity index (χ0n) is 18.4. The summed E-state index contributed by atoms with van der Waals surface area (Å²) < 4.78 is 12.5. The van der Waals surface area contributed by atoms with Crippen LogP contribution >= 0.6 is 12.4 Å². The van der Waals surface area contributed by atoms with Gasteiger partial charge in [-0.15, -0.1) is 12.4 Å². The molecule has 4 aromatic rings. The van der Waals surface area contributed by atoms with Crippen LogP contribution in [0.3, 0.4) is 0 Å². The number of halogens is 1. The van der Waals surface area contributed by atoms with Crippen LogP contribution in [0.15, 0.2) is 55.0 Å². The minimum absolute atomic E-state index is 0. The summed E-state index contributed by atoms with van der Waals surface area (Å²) >= 11 is 0. The average molecular weight is 472 g/mol. The third-order valence-corrected chi connectivity index (χ3v) is 5.28. The topological polar surface area (TPSA) is 94.3 Å². The number of benzene rings is 2. The molecule has 0 spiro atoms. The smallest absolute Gasteiger partial charge is 0.127 e. The number of aliphatic hydroxyl groups is 1. The summed E-state index contributed by atoms with van der Waals surface area (Å²) in [5.74, 6) is 1.20. The van der Waals surface area contributed by atoms with Gasteiger partial charge in [0.15, 0.2) is 0 Å². The molecule has 0 aliphatic heterocycles. The van der Waals surface area contributed by atoms with Crippen LogP contribution in [-0.4, -0.2) is 52.7 Å². The average Bonchev–Trinajstić information content (AvgIpc) is 3.24. The number of likely N-dealkylation sites (N-methyl/N-ethyl adjacent to an activating group) is 1. The molecule has 0 amide bonds. The molecule has 0 saturated heterocycles. The molecule has 0 radical (unpaired) electrons. The maximum Gasteiger partial charge on any atom is 0.127 e. The number of ether oxygens (including phenoxy) is 2. The Morgan fingerprint density at radius 1 is 1.00 bits per heavy atom. The fourth-order valence-corrected chi connectivity index (χ4v) is 3.63. The van der Waals surface area contributed by atoms with Gasteiger partial charge in [-0.2, -0.15) is 5.10 Å². The molecule has 0 unspecified atom stereocenters. The quantitative estimate of drug-likeness (QED) is 0.425. The Hall–Kier alpha value is -3.20. The molecule has 2 aromatic carbocycles. The van der Waals surface area contributed by atoms with E-state index in [1.807, 2.05) is 43.6 Å². The van der Waals surface area contributed by atoms with Gasteiger partial charge in [0.2, 0.25) is 0 Å². The predicted octanol–water partition coefficient (Wildman–Crippen LogP) is 3.56. The van der Waals surface area contributed by atoms with Crippen LogP contribution < -0.4 is 14.8 Å². The van der Waals surface area contributed by atoms with Crippen molar-refractivity contribution in [3.05, 3.63) is 66.1 Å². The maximum atomic E-state index is 11.8. The van der Waals surface area contributed by atoms with Gasteiger partial charge < -0.3 is 19.9 Å². The van der Waals surface area contributed by atoms with Crippen molar-refractivity contribution in [3.8, 4) is 22.8 Å². The predicted molar refractivity (Wildman–Crippen MR) is 132 cm³/mol. The van der Waals surface area contributed by atoms with E-state index < -0.39 is 5.60 Å². The summed E-state index contributed by atoms with van der Waals surface area (Å²) in [5, 5.41) is 19.1. The highest BCUT2D eigenvalue weighted by molar-refractivity contribution is 5.85. The molecule has 0 fully saturated rings. The molecule has 2 heterocycles. The normalized spacial score (nSPS) is 12.4. The van der Waals surface area contributed by atoms with Gasteiger partial charge in [0.05, 0.1) is 43.3 Å². The summed E-state index contributed by atoms with van der Waals surface area (Å²) in [7, 11) is 6.82. The van der Waals surface area contributed by atoms with Gasteiger partial charge in [-0.3, -0.25) is 9.67 Å². The van der Waals surface area contributed by atoms with Gasteiger partial charge in [-0.05, 0) is 42.4 Å². The second-order valence-electron chi connectivity index (χ2n) is 7.35. The molecular weight excluding hydrogens is 442 g/mol. The second-order valence-corrected chi connectivity index (χ2v) is 7.35. The van der Waals surface area contributed by atoms with Gasteiger partial charge in [0.1, 0.15) is 17.1 Å². The van der Waals surface area contributed by atoms with E-state index in [1.165, 1.54) is 0 Å². The first kappa shape index (κ1) is 26.1. The van der Waals surface area contributed by atoms with Crippen molar-refractivity contribution in [3.63, 3.8) is 0 Å².